The second-order valence-corrected chi connectivity index (χ2v) is 7.47. The molecule has 2 aliphatic rings. The first-order chi connectivity index (χ1) is 12.7. The number of rotatable bonds is 4. The Hall–Kier alpha value is -1.88. The van der Waals surface area contributed by atoms with Crippen LogP contribution in [0, 0.1) is 0 Å². The Morgan fingerprint density at radius 2 is 1.65 bits per heavy atom. The first-order valence-electron chi connectivity index (χ1n) is 10.1. The maximum absolute atomic E-state index is 12.8. The number of benzene rings is 1. The minimum absolute atomic E-state index is 0.0323. The summed E-state index contributed by atoms with van der Waals surface area (Å²) in [5.41, 5.74) is 1.20. The van der Waals surface area contributed by atoms with E-state index in [9.17, 15) is 9.59 Å². The number of nitrogens with one attached hydrogen (secondary N) is 1. The van der Waals surface area contributed by atoms with Crippen molar-refractivity contribution in [2.24, 2.45) is 0 Å². The molecular formula is C21H31N3O2. The summed E-state index contributed by atoms with van der Waals surface area (Å²) >= 11 is 0. The van der Waals surface area contributed by atoms with Gasteiger partial charge < -0.3 is 15.1 Å². The van der Waals surface area contributed by atoms with Crippen LogP contribution in [0.5, 0.6) is 0 Å². The summed E-state index contributed by atoms with van der Waals surface area (Å²) in [7, 11) is 0. The van der Waals surface area contributed by atoms with Crippen molar-refractivity contribution in [1.29, 1.82) is 0 Å². The molecule has 1 heterocycles. The largest absolute Gasteiger partial charge is 0.349 e. The van der Waals surface area contributed by atoms with Crippen LogP contribution in [0.1, 0.15) is 66.2 Å². The number of likely N-dealkylation sites (N-methyl/N-ethyl adjacent to an activating group) is 1. The molecule has 0 unspecified atom stereocenters. The van der Waals surface area contributed by atoms with E-state index in [1.165, 1.54) is 25.7 Å². The van der Waals surface area contributed by atoms with Crippen molar-refractivity contribution in [2.45, 2.75) is 51.5 Å². The Labute approximate surface area is 156 Å². The Kier molecular flexibility index (Phi) is 6.67. The van der Waals surface area contributed by atoms with E-state index < -0.39 is 0 Å². The third-order valence-electron chi connectivity index (χ3n) is 5.67. The normalized spacial score (nSPS) is 19.8. The van der Waals surface area contributed by atoms with Crippen molar-refractivity contribution < 1.29 is 9.59 Å². The monoisotopic (exact) mass is 357 g/mol. The summed E-state index contributed by atoms with van der Waals surface area (Å²) < 4.78 is 0. The van der Waals surface area contributed by atoms with Crippen LogP contribution in [-0.2, 0) is 0 Å². The van der Waals surface area contributed by atoms with E-state index >= 15 is 0 Å². The molecule has 5 nitrogen and oxygen atoms in total. The van der Waals surface area contributed by atoms with Crippen LogP contribution in [-0.4, -0.2) is 60.4 Å². The first-order valence-corrected chi connectivity index (χ1v) is 10.1. The molecule has 1 aliphatic heterocycles. The number of hydrogen-bond acceptors (Lipinski definition) is 3. The van der Waals surface area contributed by atoms with E-state index in [0.29, 0.717) is 11.1 Å². The minimum Gasteiger partial charge on any atom is -0.349 e. The topological polar surface area (TPSA) is 52.7 Å². The van der Waals surface area contributed by atoms with Gasteiger partial charge in [0.05, 0.1) is 0 Å². The number of nitrogens with zero attached hydrogens (tertiary/aromatic N) is 2. The van der Waals surface area contributed by atoms with Crippen LogP contribution in [0.2, 0.25) is 0 Å². The summed E-state index contributed by atoms with van der Waals surface area (Å²) in [6, 6.07) is 7.46. The molecule has 0 spiro atoms. The number of carbonyl (C=O) groups is 2. The van der Waals surface area contributed by atoms with Crippen LogP contribution < -0.4 is 5.32 Å². The highest BCUT2D eigenvalue weighted by Crippen LogP contribution is 2.18. The molecule has 1 saturated heterocycles. The standard InChI is InChI=1S/C21H31N3O2/c1-2-23-12-14-24(15-13-23)21(26)18-9-7-8-17(16-18)20(25)22-19-10-5-3-4-6-11-19/h7-9,16,19H,2-6,10-15H2,1H3,(H,22,25). The zero-order valence-electron chi connectivity index (χ0n) is 15.9. The van der Waals surface area contributed by atoms with Gasteiger partial charge in [-0.3, -0.25) is 9.59 Å². The summed E-state index contributed by atoms with van der Waals surface area (Å²) in [4.78, 5) is 29.6. The van der Waals surface area contributed by atoms with Crippen molar-refractivity contribution in [3.8, 4) is 0 Å². The van der Waals surface area contributed by atoms with E-state index in [1.54, 1.807) is 12.1 Å². The fourth-order valence-electron chi connectivity index (χ4n) is 3.94. The minimum atomic E-state index is -0.0534. The van der Waals surface area contributed by atoms with Gasteiger partial charge in [-0.1, -0.05) is 38.7 Å². The molecule has 1 aromatic carbocycles. The second-order valence-electron chi connectivity index (χ2n) is 7.47. The van der Waals surface area contributed by atoms with Crippen molar-refractivity contribution in [2.75, 3.05) is 32.7 Å². The molecule has 0 bridgehead atoms. The van der Waals surface area contributed by atoms with Gasteiger partial charge in [0, 0.05) is 43.3 Å². The molecule has 0 atom stereocenters. The molecule has 1 N–H and O–H groups in total. The quantitative estimate of drug-likeness (QED) is 0.843. The highest BCUT2D eigenvalue weighted by atomic mass is 16.2. The third kappa shape index (κ3) is 4.85. The average molecular weight is 357 g/mol. The summed E-state index contributed by atoms with van der Waals surface area (Å²) in [5.74, 6) is -0.0211. The zero-order chi connectivity index (χ0) is 18.4. The number of hydrogen-bond donors (Lipinski definition) is 1. The van der Waals surface area contributed by atoms with E-state index in [2.05, 4.69) is 17.1 Å². The van der Waals surface area contributed by atoms with Crippen LogP contribution in [0.3, 0.4) is 0 Å². The van der Waals surface area contributed by atoms with E-state index in [-0.39, 0.29) is 17.9 Å². The number of amides is 2. The lowest BCUT2D eigenvalue weighted by molar-refractivity contribution is 0.0643. The molecule has 5 heteroatoms. The molecule has 0 aromatic heterocycles. The van der Waals surface area contributed by atoms with E-state index in [1.807, 2.05) is 17.0 Å². The fourth-order valence-corrected chi connectivity index (χ4v) is 3.94. The molecule has 0 radical (unpaired) electrons. The predicted molar refractivity (Wildman–Crippen MR) is 103 cm³/mol. The smallest absolute Gasteiger partial charge is 0.253 e. The molecular weight excluding hydrogens is 326 g/mol. The van der Waals surface area contributed by atoms with Crippen molar-refractivity contribution in [1.82, 2.24) is 15.1 Å². The van der Waals surface area contributed by atoms with Gasteiger partial charge in [-0.2, -0.15) is 0 Å². The SMILES string of the molecule is CCN1CCN(C(=O)c2cccc(C(=O)NC3CCCCCC3)c2)CC1. The second kappa shape index (κ2) is 9.17. The Morgan fingerprint density at radius 1 is 1.00 bits per heavy atom. The molecule has 142 valence electrons. The zero-order valence-corrected chi connectivity index (χ0v) is 15.9. The van der Waals surface area contributed by atoms with E-state index in [4.69, 9.17) is 0 Å². The van der Waals surface area contributed by atoms with Gasteiger partial charge in [0.1, 0.15) is 0 Å². The average Bonchev–Trinajstić information content (AvgIpc) is 2.96. The molecule has 1 saturated carbocycles. The Bertz CT molecular complexity index is 615. The maximum atomic E-state index is 12.8. The van der Waals surface area contributed by atoms with Gasteiger partial charge >= 0.3 is 0 Å². The summed E-state index contributed by atoms with van der Waals surface area (Å²) in [6.45, 7) is 6.53. The molecule has 3 rings (SSSR count). The Balaban J connectivity index is 1.62. The molecule has 2 amide bonds. The van der Waals surface area contributed by atoms with Gasteiger partial charge in [0.2, 0.25) is 0 Å². The van der Waals surface area contributed by atoms with Gasteiger partial charge in [0.15, 0.2) is 0 Å². The third-order valence-corrected chi connectivity index (χ3v) is 5.67. The summed E-state index contributed by atoms with van der Waals surface area (Å²) in [6.07, 6.45) is 7.03. The molecule has 1 aromatic rings. The van der Waals surface area contributed by atoms with Crippen LogP contribution in [0.4, 0.5) is 0 Å². The molecule has 26 heavy (non-hydrogen) atoms. The Morgan fingerprint density at radius 3 is 2.31 bits per heavy atom. The highest BCUT2D eigenvalue weighted by molar-refractivity contribution is 5.99. The number of piperazine rings is 1. The van der Waals surface area contributed by atoms with Crippen LogP contribution in [0.25, 0.3) is 0 Å². The first kappa shape index (κ1) is 18.9. The van der Waals surface area contributed by atoms with Crippen molar-refractivity contribution >= 4 is 11.8 Å². The van der Waals surface area contributed by atoms with E-state index in [0.717, 1.165) is 45.6 Å². The lowest BCUT2D eigenvalue weighted by Gasteiger charge is -2.34. The van der Waals surface area contributed by atoms with Gasteiger partial charge in [-0.25, -0.2) is 0 Å². The van der Waals surface area contributed by atoms with Gasteiger partial charge in [-0.15, -0.1) is 0 Å². The van der Waals surface area contributed by atoms with Crippen LogP contribution >= 0.6 is 0 Å². The lowest BCUT2D eigenvalue weighted by atomic mass is 10.1. The van der Waals surface area contributed by atoms with Crippen molar-refractivity contribution in [3.63, 3.8) is 0 Å². The lowest BCUT2D eigenvalue weighted by Crippen LogP contribution is -2.48. The summed E-state index contributed by atoms with van der Waals surface area (Å²) in [5, 5.41) is 3.16. The highest BCUT2D eigenvalue weighted by Gasteiger charge is 2.22. The van der Waals surface area contributed by atoms with Gasteiger partial charge in [0.25, 0.3) is 11.8 Å². The van der Waals surface area contributed by atoms with Crippen LogP contribution in [0.15, 0.2) is 24.3 Å². The van der Waals surface area contributed by atoms with Gasteiger partial charge in [-0.05, 0) is 37.6 Å². The molecule has 1 aliphatic carbocycles. The fraction of sp³-hybridized carbons (Fsp3) is 0.619. The number of carbonyl (C=O) groups excluding carboxylic acids is 2. The predicted octanol–water partition coefficient (Wildman–Crippen LogP) is 2.92. The molecule has 2 fully saturated rings. The maximum Gasteiger partial charge on any atom is 0.253 e. The van der Waals surface area contributed by atoms with Crippen molar-refractivity contribution in [3.05, 3.63) is 35.4 Å².